The van der Waals surface area contributed by atoms with Gasteiger partial charge in [0.2, 0.25) is 0 Å². The molecule has 0 N–H and O–H groups in total. The summed E-state index contributed by atoms with van der Waals surface area (Å²) in [4.78, 5) is 22.9. The number of carbonyl (C=O) groups is 1. The molecule has 230 valence electrons. The van der Waals surface area contributed by atoms with Crippen LogP contribution in [-0.4, -0.2) is 34.0 Å². The third-order valence-corrected chi connectivity index (χ3v) is 10.6. The van der Waals surface area contributed by atoms with Crippen molar-refractivity contribution in [2.75, 3.05) is 13.2 Å². The van der Waals surface area contributed by atoms with Crippen LogP contribution in [0.4, 0.5) is 0 Å². The maximum atomic E-state index is 13.7. The van der Waals surface area contributed by atoms with Gasteiger partial charge in [-0.05, 0) is 58.9 Å². The van der Waals surface area contributed by atoms with Crippen LogP contribution in [0.5, 0.6) is 5.75 Å². The van der Waals surface area contributed by atoms with Crippen molar-refractivity contribution >= 4 is 63.9 Å². The number of phosphoric ester groups is 1. The summed E-state index contributed by atoms with van der Waals surface area (Å²) >= 11 is 4.10. The van der Waals surface area contributed by atoms with Gasteiger partial charge >= 0.3 is 13.8 Å². The van der Waals surface area contributed by atoms with Gasteiger partial charge in [0, 0.05) is 11.0 Å². The molecular weight excluding hydrogens is 640 g/mol. The fourth-order valence-corrected chi connectivity index (χ4v) is 8.16. The highest BCUT2D eigenvalue weighted by molar-refractivity contribution is 8.16. The predicted octanol–water partition coefficient (Wildman–Crippen LogP) is 8.47. The molecule has 3 aromatic rings. The Kier molecular flexibility index (Phi) is 11.0. The standard InChI is InChI=1S/C30H31N4O6PS3/c1-29(2,3)28(35)39-20-13-14-22-23(19-20)43-25(33-22)26-34-24(30(4,5)44-26)27(42-21-11-7-6-8-12-21)40-41(36,37-17-9-15-31)38-18-10-16-32/h6-8,11-14,19H,9-10,17-18H2,1-5H3/b27-24+. The van der Waals surface area contributed by atoms with E-state index in [4.69, 9.17) is 38.8 Å². The quantitative estimate of drug-likeness (QED) is 0.0457. The number of fused-ring (bicyclic) bond motifs is 1. The van der Waals surface area contributed by atoms with E-state index >= 15 is 0 Å². The van der Waals surface area contributed by atoms with E-state index in [2.05, 4.69) is 0 Å². The molecule has 2 heterocycles. The number of thioether (sulfide) groups is 2. The van der Waals surface area contributed by atoms with Crippen molar-refractivity contribution in [2.24, 2.45) is 10.4 Å². The summed E-state index contributed by atoms with van der Waals surface area (Å²) in [7, 11) is -4.24. The highest BCUT2D eigenvalue weighted by atomic mass is 32.2. The first-order chi connectivity index (χ1) is 20.8. The molecule has 1 aromatic heterocycles. The lowest BCUT2D eigenvalue weighted by molar-refractivity contribution is -0.142. The molecule has 0 saturated carbocycles. The van der Waals surface area contributed by atoms with E-state index in [9.17, 15) is 9.36 Å². The van der Waals surface area contributed by atoms with Crippen LogP contribution in [0, 0.1) is 28.1 Å². The minimum absolute atomic E-state index is 0.0228. The zero-order valence-corrected chi connectivity index (χ0v) is 28.2. The van der Waals surface area contributed by atoms with Crippen molar-refractivity contribution < 1.29 is 27.7 Å². The number of phosphoric acid groups is 1. The molecule has 0 aliphatic carbocycles. The summed E-state index contributed by atoms with van der Waals surface area (Å²) in [5.74, 6) is 0.107. The number of hydrogen-bond acceptors (Lipinski definition) is 13. The van der Waals surface area contributed by atoms with E-state index in [0.717, 1.165) is 15.1 Å². The Morgan fingerprint density at radius 3 is 2.32 bits per heavy atom. The number of aromatic nitrogens is 1. The summed E-state index contributed by atoms with van der Waals surface area (Å²) in [6.07, 6.45) is -0.0455. The maximum absolute atomic E-state index is 13.7. The number of nitrogens with zero attached hydrogens (tertiary/aromatic N) is 4. The lowest BCUT2D eigenvalue weighted by atomic mass is 9.97. The van der Waals surface area contributed by atoms with Crippen molar-refractivity contribution in [3.05, 3.63) is 64.3 Å². The molecule has 0 saturated heterocycles. The van der Waals surface area contributed by atoms with Gasteiger partial charge in [-0.15, -0.1) is 11.3 Å². The van der Waals surface area contributed by atoms with Crippen LogP contribution in [0.3, 0.4) is 0 Å². The summed E-state index contributed by atoms with van der Waals surface area (Å²) in [6.45, 7) is 8.97. The third kappa shape index (κ3) is 8.72. The SMILES string of the molecule is CC(C)(C)C(=O)Oc1ccc2nc(C3=N/C(=C(\OP(=O)(OCCC#N)OCCC#N)Sc4ccccc4)C(C)(C)S3)sc2c1. The average Bonchev–Trinajstić information content (AvgIpc) is 3.53. The Hall–Kier alpha value is -3.16. The molecule has 14 heteroatoms. The van der Waals surface area contributed by atoms with Crippen LogP contribution in [0.15, 0.2) is 69.2 Å². The average molecular weight is 671 g/mol. The molecule has 0 bridgehead atoms. The number of nitriles is 2. The van der Waals surface area contributed by atoms with Gasteiger partial charge in [-0.3, -0.25) is 13.8 Å². The normalized spacial score (nSPS) is 15.8. The Bertz CT molecular complexity index is 1690. The first-order valence-electron chi connectivity index (χ1n) is 13.5. The van der Waals surface area contributed by atoms with Crippen LogP contribution in [0.1, 0.15) is 52.5 Å². The second kappa shape index (κ2) is 14.3. The van der Waals surface area contributed by atoms with Crippen LogP contribution >= 0.6 is 42.7 Å². The van der Waals surface area contributed by atoms with Gasteiger partial charge in [0.15, 0.2) is 5.09 Å². The van der Waals surface area contributed by atoms with Gasteiger partial charge < -0.3 is 9.26 Å². The molecule has 0 unspecified atom stereocenters. The van der Waals surface area contributed by atoms with Crippen molar-refractivity contribution in [2.45, 2.75) is 57.1 Å². The number of rotatable bonds is 12. The highest BCUT2D eigenvalue weighted by Crippen LogP contribution is 2.57. The topological polar surface area (TPSA) is 144 Å². The van der Waals surface area contributed by atoms with E-state index in [-0.39, 0.29) is 37.1 Å². The molecule has 0 radical (unpaired) electrons. The van der Waals surface area contributed by atoms with E-state index in [0.29, 0.717) is 21.5 Å². The number of thiazole rings is 1. The molecule has 1 aliphatic heterocycles. The van der Waals surface area contributed by atoms with Gasteiger partial charge in [0.25, 0.3) is 0 Å². The summed E-state index contributed by atoms with van der Waals surface area (Å²) < 4.78 is 36.4. The Morgan fingerprint density at radius 1 is 1.05 bits per heavy atom. The van der Waals surface area contributed by atoms with Gasteiger partial charge in [0.05, 0.1) is 58.6 Å². The van der Waals surface area contributed by atoms with Crippen molar-refractivity contribution in [1.82, 2.24) is 4.98 Å². The van der Waals surface area contributed by atoms with Crippen LogP contribution < -0.4 is 4.74 Å². The maximum Gasteiger partial charge on any atom is 0.530 e. The Balaban J connectivity index is 1.73. The Morgan fingerprint density at radius 2 is 1.70 bits per heavy atom. The second-order valence-corrected chi connectivity index (χ2v) is 16.2. The lowest BCUT2D eigenvalue weighted by Gasteiger charge is -2.24. The molecule has 0 amide bonds. The van der Waals surface area contributed by atoms with Gasteiger partial charge in [0.1, 0.15) is 21.5 Å². The van der Waals surface area contributed by atoms with Crippen molar-refractivity contribution in [3.8, 4) is 17.9 Å². The van der Waals surface area contributed by atoms with E-state index < -0.39 is 18.0 Å². The second-order valence-electron chi connectivity index (χ2n) is 10.9. The van der Waals surface area contributed by atoms with E-state index in [1.165, 1.54) is 34.9 Å². The molecule has 4 rings (SSSR count). The van der Waals surface area contributed by atoms with Crippen molar-refractivity contribution in [3.63, 3.8) is 0 Å². The highest BCUT2D eigenvalue weighted by Gasteiger charge is 2.41. The molecular formula is C30H31N4O6PS3. The molecule has 0 atom stereocenters. The fourth-order valence-electron chi connectivity index (χ4n) is 3.56. The lowest BCUT2D eigenvalue weighted by Crippen LogP contribution is -2.25. The fraction of sp³-hybridized carbons (Fsp3) is 0.367. The van der Waals surface area contributed by atoms with E-state index in [1.54, 1.807) is 39.0 Å². The minimum atomic E-state index is -4.24. The third-order valence-electron chi connectivity index (χ3n) is 5.77. The number of benzene rings is 2. The molecule has 10 nitrogen and oxygen atoms in total. The van der Waals surface area contributed by atoms with Crippen LogP contribution in [0.25, 0.3) is 10.2 Å². The van der Waals surface area contributed by atoms with Crippen LogP contribution in [-0.2, 0) is 22.9 Å². The predicted molar refractivity (Wildman–Crippen MR) is 173 cm³/mol. The molecule has 0 spiro atoms. The molecule has 2 aromatic carbocycles. The number of carbonyl (C=O) groups excluding carboxylic acids is 1. The largest absolute Gasteiger partial charge is 0.530 e. The molecule has 44 heavy (non-hydrogen) atoms. The first-order valence-corrected chi connectivity index (χ1v) is 17.5. The van der Waals surface area contributed by atoms with Gasteiger partial charge in [-0.2, -0.15) is 10.5 Å². The minimum Gasteiger partial charge on any atom is -0.426 e. The monoisotopic (exact) mass is 670 g/mol. The first kappa shape index (κ1) is 33.7. The van der Waals surface area contributed by atoms with Gasteiger partial charge in [-0.1, -0.05) is 41.7 Å². The number of hydrogen-bond donors (Lipinski definition) is 0. The number of ether oxygens (including phenoxy) is 1. The smallest absolute Gasteiger partial charge is 0.426 e. The number of aliphatic imine (C=N–C) groups is 1. The van der Waals surface area contributed by atoms with Gasteiger partial charge in [-0.25, -0.2) is 14.5 Å². The Labute approximate surface area is 269 Å². The zero-order chi connectivity index (χ0) is 32.0. The summed E-state index contributed by atoms with van der Waals surface area (Å²) in [5, 5.41) is 19.4. The zero-order valence-electron chi connectivity index (χ0n) is 24.9. The summed E-state index contributed by atoms with van der Waals surface area (Å²) in [6, 6.07) is 18.6. The molecule has 1 aliphatic rings. The van der Waals surface area contributed by atoms with E-state index in [1.807, 2.05) is 56.3 Å². The summed E-state index contributed by atoms with van der Waals surface area (Å²) in [5.41, 5.74) is 0.592. The van der Waals surface area contributed by atoms with Crippen LogP contribution in [0.2, 0.25) is 0 Å². The molecule has 0 fully saturated rings. The number of esters is 1. The van der Waals surface area contributed by atoms with Crippen molar-refractivity contribution in [1.29, 1.82) is 10.5 Å².